The predicted octanol–water partition coefficient (Wildman–Crippen LogP) is 5.42. The molecule has 0 saturated carbocycles. The fourth-order valence-corrected chi connectivity index (χ4v) is 9.72. The SMILES string of the molecule is C=CCc1cccc(C(=O)P(C)(c2ccccc2)(c2ccccc2)c2ccccc2)c1O. The van der Waals surface area contributed by atoms with Gasteiger partial charge in [0.15, 0.2) is 0 Å². The Bertz CT molecular complexity index is 1150. The summed E-state index contributed by atoms with van der Waals surface area (Å²) in [4.78, 5) is 14.8. The number of benzene rings is 4. The van der Waals surface area contributed by atoms with Crippen LogP contribution in [0, 0.1) is 0 Å². The molecule has 0 heterocycles. The molecule has 0 aliphatic carbocycles. The summed E-state index contributed by atoms with van der Waals surface area (Å²) in [7, 11) is 0. The number of allylic oxidation sites excluding steroid dienone is 1. The number of para-hydroxylation sites is 1. The van der Waals surface area contributed by atoms with Crippen molar-refractivity contribution in [1.82, 2.24) is 0 Å². The van der Waals surface area contributed by atoms with E-state index in [0.717, 1.165) is 15.9 Å². The first-order valence-electron chi connectivity index (χ1n) is 10.7. The van der Waals surface area contributed by atoms with Crippen molar-refractivity contribution >= 4 is 28.0 Å². The van der Waals surface area contributed by atoms with Crippen LogP contribution in [0.1, 0.15) is 15.9 Å². The van der Waals surface area contributed by atoms with Crippen molar-refractivity contribution in [3.63, 3.8) is 0 Å². The van der Waals surface area contributed by atoms with E-state index in [1.165, 1.54) is 0 Å². The van der Waals surface area contributed by atoms with Crippen LogP contribution in [0.15, 0.2) is 122 Å². The number of hydrogen-bond acceptors (Lipinski definition) is 2. The summed E-state index contributed by atoms with van der Waals surface area (Å²) in [5.74, 6) is 0.0380. The summed E-state index contributed by atoms with van der Waals surface area (Å²) in [6, 6.07) is 35.4. The molecule has 0 radical (unpaired) electrons. The second kappa shape index (κ2) is 8.57. The van der Waals surface area contributed by atoms with Gasteiger partial charge in [-0.25, -0.2) is 0 Å². The van der Waals surface area contributed by atoms with Gasteiger partial charge in [0.1, 0.15) is 0 Å². The molecule has 0 aliphatic heterocycles. The third-order valence-electron chi connectivity index (χ3n) is 6.43. The van der Waals surface area contributed by atoms with Gasteiger partial charge in [-0.2, -0.15) is 0 Å². The van der Waals surface area contributed by atoms with Crippen LogP contribution in [0.5, 0.6) is 5.75 Å². The number of carbonyl (C=O) groups is 1. The van der Waals surface area contributed by atoms with Crippen molar-refractivity contribution in [1.29, 1.82) is 0 Å². The fourth-order valence-electron chi connectivity index (χ4n) is 4.59. The molecule has 0 saturated heterocycles. The van der Waals surface area contributed by atoms with Crippen LogP contribution in [-0.4, -0.2) is 17.3 Å². The van der Waals surface area contributed by atoms with Gasteiger partial charge < -0.3 is 0 Å². The predicted molar refractivity (Wildman–Crippen MR) is 137 cm³/mol. The van der Waals surface area contributed by atoms with Crippen LogP contribution in [0.2, 0.25) is 0 Å². The topological polar surface area (TPSA) is 37.3 Å². The minimum absolute atomic E-state index is 0.0380. The van der Waals surface area contributed by atoms with Gasteiger partial charge in [-0.1, -0.05) is 0 Å². The molecule has 3 heteroatoms. The number of hydrogen-bond donors (Lipinski definition) is 1. The van der Waals surface area contributed by atoms with E-state index in [0.29, 0.717) is 17.5 Å². The average molecular weight is 439 g/mol. The molecule has 0 fully saturated rings. The van der Waals surface area contributed by atoms with Crippen molar-refractivity contribution in [2.24, 2.45) is 0 Å². The molecule has 160 valence electrons. The average Bonchev–Trinajstić information content (AvgIpc) is 2.86. The molecule has 1 N–H and O–H groups in total. The number of rotatable bonds is 7. The second-order valence-corrected chi connectivity index (χ2v) is 13.3. The van der Waals surface area contributed by atoms with Gasteiger partial charge in [-0.15, -0.1) is 0 Å². The molecule has 4 aromatic rings. The Morgan fingerprint density at radius 1 is 0.750 bits per heavy atom. The first kappa shape index (κ1) is 21.7. The summed E-state index contributed by atoms with van der Waals surface area (Å²) in [5.41, 5.74) is 0.995. The summed E-state index contributed by atoms with van der Waals surface area (Å²) >= 11 is 0. The van der Waals surface area contributed by atoms with Crippen molar-refractivity contribution < 1.29 is 9.90 Å². The molecular weight excluding hydrogens is 411 g/mol. The third kappa shape index (κ3) is 3.20. The molecule has 4 aromatic carbocycles. The van der Waals surface area contributed by atoms with E-state index in [-0.39, 0.29) is 11.3 Å². The Balaban J connectivity index is 2.16. The zero-order valence-electron chi connectivity index (χ0n) is 18.2. The van der Waals surface area contributed by atoms with Crippen LogP contribution in [0.3, 0.4) is 0 Å². The van der Waals surface area contributed by atoms with Gasteiger partial charge in [0.05, 0.1) is 0 Å². The molecule has 2 nitrogen and oxygen atoms in total. The van der Waals surface area contributed by atoms with Crippen molar-refractivity contribution in [3.05, 3.63) is 133 Å². The molecule has 32 heavy (non-hydrogen) atoms. The van der Waals surface area contributed by atoms with E-state index >= 15 is 0 Å². The Kier molecular flexibility index (Phi) is 5.82. The summed E-state index contributed by atoms with van der Waals surface area (Å²) in [6.45, 7) is 2.20. The van der Waals surface area contributed by atoms with E-state index in [4.69, 9.17) is 0 Å². The first-order valence-corrected chi connectivity index (χ1v) is 13.3. The molecule has 0 aliphatic rings. The molecule has 0 amide bonds. The zero-order valence-corrected chi connectivity index (χ0v) is 19.1. The van der Waals surface area contributed by atoms with Crippen LogP contribution in [0.4, 0.5) is 0 Å². The summed E-state index contributed by atoms with van der Waals surface area (Å²) < 4.78 is 0. The van der Waals surface area contributed by atoms with Crippen molar-refractivity contribution in [2.75, 3.05) is 6.66 Å². The maximum absolute atomic E-state index is 14.8. The van der Waals surface area contributed by atoms with E-state index < -0.39 is 6.60 Å². The van der Waals surface area contributed by atoms with Crippen molar-refractivity contribution in [2.45, 2.75) is 6.42 Å². The van der Waals surface area contributed by atoms with Gasteiger partial charge in [-0.05, 0) is 0 Å². The van der Waals surface area contributed by atoms with Crippen LogP contribution >= 0.6 is 6.60 Å². The third-order valence-corrected chi connectivity index (χ3v) is 12.5. The standard InChI is InChI=1S/C29H27O2P/c1-3-14-23-15-13-22-27(28(23)30)29(31)32(2,24-16-7-4-8-17-24,25-18-9-5-10-19-25)26-20-11-6-12-21-26/h3-13,15-22,30H,1,14H2,2H3. The van der Waals surface area contributed by atoms with E-state index in [2.05, 4.69) is 13.2 Å². The van der Waals surface area contributed by atoms with Gasteiger partial charge in [-0.3, -0.25) is 0 Å². The molecule has 0 spiro atoms. The number of carbonyl (C=O) groups excluding carboxylic acids is 1. The van der Waals surface area contributed by atoms with Crippen molar-refractivity contribution in [3.8, 4) is 5.75 Å². The number of aromatic hydroxyl groups is 1. The van der Waals surface area contributed by atoms with E-state index in [1.807, 2.05) is 103 Å². The van der Waals surface area contributed by atoms with Gasteiger partial charge >= 0.3 is 190 Å². The fraction of sp³-hybridized carbons (Fsp3) is 0.0690. The van der Waals surface area contributed by atoms with Crippen LogP contribution < -0.4 is 15.9 Å². The van der Waals surface area contributed by atoms with E-state index in [9.17, 15) is 9.90 Å². The molecule has 4 rings (SSSR count). The van der Waals surface area contributed by atoms with Gasteiger partial charge in [0.25, 0.3) is 0 Å². The maximum atomic E-state index is 14.8. The van der Waals surface area contributed by atoms with Crippen LogP contribution in [0.25, 0.3) is 0 Å². The summed E-state index contributed by atoms with van der Waals surface area (Å²) in [6.07, 6.45) is 2.23. The Hall–Kier alpha value is -3.48. The number of phenolic OH excluding ortho intramolecular Hbond substituents is 1. The quantitative estimate of drug-likeness (QED) is 0.309. The zero-order chi connectivity index (χ0) is 22.6. The van der Waals surface area contributed by atoms with Gasteiger partial charge in [0, 0.05) is 0 Å². The second-order valence-electron chi connectivity index (χ2n) is 8.18. The Labute approximate surface area is 189 Å². The van der Waals surface area contributed by atoms with Gasteiger partial charge in [0.2, 0.25) is 0 Å². The van der Waals surface area contributed by atoms with E-state index in [1.54, 1.807) is 12.1 Å². The molecule has 0 aromatic heterocycles. The Morgan fingerprint density at radius 2 is 1.19 bits per heavy atom. The molecule has 0 atom stereocenters. The molecular formula is C29H27O2P. The number of phenols is 1. The molecule has 0 unspecified atom stereocenters. The Morgan fingerprint density at radius 3 is 1.59 bits per heavy atom. The van der Waals surface area contributed by atoms with Crippen LogP contribution in [-0.2, 0) is 6.42 Å². The minimum atomic E-state index is -3.69. The summed E-state index contributed by atoms with van der Waals surface area (Å²) in [5, 5.41) is 14.1. The first-order chi connectivity index (χ1) is 15.5. The molecule has 0 bridgehead atoms. The monoisotopic (exact) mass is 438 g/mol. The normalized spacial score (nSPS) is 12.5.